The molecule has 0 aliphatic rings. The molecule has 0 fully saturated rings. The number of nitrogens with one attached hydrogen (secondary N) is 1. The number of hydrogen-bond acceptors (Lipinski definition) is 5. The van der Waals surface area contributed by atoms with Gasteiger partial charge >= 0.3 is 0 Å². The number of hydrogen-bond donors (Lipinski definition) is 1. The summed E-state index contributed by atoms with van der Waals surface area (Å²) in [6.07, 6.45) is 0. The molecule has 0 radical (unpaired) electrons. The minimum Gasteiger partial charge on any atom is -0.325 e. The normalized spacial score (nSPS) is 11.1. The monoisotopic (exact) mass is 479 g/mol. The summed E-state index contributed by atoms with van der Waals surface area (Å²) in [6, 6.07) is 26.1. The molecule has 7 heteroatoms. The Kier molecular flexibility index (Phi) is 6.33. The summed E-state index contributed by atoms with van der Waals surface area (Å²) in [5, 5.41) is 13.5. The van der Waals surface area contributed by atoms with E-state index < -0.39 is 0 Å². The number of rotatable bonds is 6. The quantitative estimate of drug-likeness (QED) is 0.300. The molecule has 0 bridgehead atoms. The second-order valence-corrected chi connectivity index (χ2v) is 9.38. The first-order chi connectivity index (χ1) is 17.0. The van der Waals surface area contributed by atoms with Gasteiger partial charge in [0.25, 0.3) is 0 Å². The number of aromatic nitrogens is 4. The van der Waals surface area contributed by atoms with Gasteiger partial charge in [-0.05, 0) is 49.2 Å². The zero-order valence-corrected chi connectivity index (χ0v) is 20.6. The molecule has 2 aromatic heterocycles. The van der Waals surface area contributed by atoms with Crippen molar-refractivity contribution in [3.63, 3.8) is 0 Å². The van der Waals surface area contributed by atoms with E-state index in [0.717, 1.165) is 44.8 Å². The molecule has 0 saturated carbocycles. The van der Waals surface area contributed by atoms with Crippen LogP contribution < -0.4 is 5.32 Å². The second kappa shape index (κ2) is 9.72. The van der Waals surface area contributed by atoms with Crippen molar-refractivity contribution < 1.29 is 4.79 Å². The highest BCUT2D eigenvalue weighted by molar-refractivity contribution is 7.99. The molecule has 174 valence electrons. The molecule has 0 aliphatic heterocycles. The van der Waals surface area contributed by atoms with Gasteiger partial charge in [-0.2, -0.15) is 0 Å². The summed E-state index contributed by atoms with van der Waals surface area (Å²) in [4.78, 5) is 17.4. The van der Waals surface area contributed by atoms with Crippen LogP contribution in [0.4, 0.5) is 5.69 Å². The number of amides is 1. The van der Waals surface area contributed by atoms with E-state index in [1.807, 2.05) is 91.3 Å². The van der Waals surface area contributed by atoms with E-state index in [1.165, 1.54) is 17.3 Å². The summed E-state index contributed by atoms with van der Waals surface area (Å²) in [7, 11) is 1.93. The molecule has 1 N–H and O–H groups in total. The molecule has 0 atom stereocenters. The highest BCUT2D eigenvalue weighted by atomic mass is 32.2. The standard InChI is InChI=1S/C28H25N5OS/c1-18-13-14-21(15-19(18)2)29-26(34)17-35-28-32-31-27(33(28)3)23-16-25(20-9-5-4-6-10-20)30-24-12-8-7-11-22(23)24/h4-16H,17H2,1-3H3,(H,29,34). The van der Waals surface area contributed by atoms with Crippen LogP contribution in [0, 0.1) is 13.8 Å². The molecule has 5 aromatic rings. The number of carbonyl (C=O) groups is 1. The average molecular weight is 480 g/mol. The van der Waals surface area contributed by atoms with Crippen molar-refractivity contribution >= 4 is 34.3 Å². The van der Waals surface area contributed by atoms with Crippen molar-refractivity contribution in [3.8, 4) is 22.6 Å². The maximum Gasteiger partial charge on any atom is 0.234 e. The number of pyridine rings is 1. The number of carbonyl (C=O) groups excluding carboxylic acids is 1. The molecular weight excluding hydrogens is 454 g/mol. The third kappa shape index (κ3) is 4.81. The summed E-state index contributed by atoms with van der Waals surface area (Å²) in [6.45, 7) is 4.09. The smallest absolute Gasteiger partial charge is 0.234 e. The highest BCUT2D eigenvalue weighted by Crippen LogP contribution is 2.32. The number of anilines is 1. The first-order valence-corrected chi connectivity index (χ1v) is 12.3. The van der Waals surface area contributed by atoms with E-state index in [2.05, 4.69) is 28.5 Å². The number of nitrogens with zero attached hydrogens (tertiary/aromatic N) is 4. The largest absolute Gasteiger partial charge is 0.325 e. The average Bonchev–Trinajstić information content (AvgIpc) is 3.24. The van der Waals surface area contributed by atoms with Gasteiger partial charge in [-0.25, -0.2) is 4.98 Å². The van der Waals surface area contributed by atoms with Gasteiger partial charge in [0.05, 0.1) is 17.0 Å². The molecule has 6 nitrogen and oxygen atoms in total. The van der Waals surface area contributed by atoms with E-state index in [0.29, 0.717) is 5.16 Å². The van der Waals surface area contributed by atoms with E-state index in [4.69, 9.17) is 4.98 Å². The Morgan fingerprint density at radius 3 is 2.49 bits per heavy atom. The van der Waals surface area contributed by atoms with Crippen LogP contribution in [-0.2, 0) is 11.8 Å². The van der Waals surface area contributed by atoms with Gasteiger partial charge in [0, 0.05) is 29.2 Å². The highest BCUT2D eigenvalue weighted by Gasteiger charge is 2.17. The third-order valence-corrected chi connectivity index (χ3v) is 7.00. The van der Waals surface area contributed by atoms with E-state index >= 15 is 0 Å². The Bertz CT molecular complexity index is 1530. The second-order valence-electron chi connectivity index (χ2n) is 8.44. The van der Waals surface area contributed by atoms with Gasteiger partial charge in [0.1, 0.15) is 0 Å². The van der Waals surface area contributed by atoms with Crippen LogP contribution in [0.15, 0.2) is 84.0 Å². The molecule has 0 unspecified atom stereocenters. The summed E-state index contributed by atoms with van der Waals surface area (Å²) in [5.41, 5.74) is 6.92. The molecule has 3 aromatic carbocycles. The van der Waals surface area contributed by atoms with Gasteiger partial charge in [-0.1, -0.05) is 66.4 Å². The summed E-state index contributed by atoms with van der Waals surface area (Å²) in [5.74, 6) is 0.895. The Balaban J connectivity index is 1.41. The molecule has 35 heavy (non-hydrogen) atoms. The van der Waals surface area contributed by atoms with E-state index in [9.17, 15) is 4.79 Å². The molecule has 5 rings (SSSR count). The fraction of sp³-hybridized carbons (Fsp3) is 0.143. The number of para-hydroxylation sites is 1. The summed E-state index contributed by atoms with van der Waals surface area (Å²) < 4.78 is 1.94. The van der Waals surface area contributed by atoms with Crippen LogP contribution in [0.3, 0.4) is 0 Å². The lowest BCUT2D eigenvalue weighted by atomic mass is 10.0. The van der Waals surface area contributed by atoms with Gasteiger partial charge in [-0.3, -0.25) is 4.79 Å². The van der Waals surface area contributed by atoms with Crippen LogP contribution in [-0.4, -0.2) is 31.4 Å². The number of thioether (sulfide) groups is 1. The fourth-order valence-corrected chi connectivity index (χ4v) is 4.65. The maximum absolute atomic E-state index is 12.5. The first-order valence-electron chi connectivity index (χ1n) is 11.3. The van der Waals surface area contributed by atoms with Crippen molar-refractivity contribution in [1.82, 2.24) is 19.7 Å². The minimum atomic E-state index is -0.0801. The lowest BCUT2D eigenvalue weighted by Gasteiger charge is -2.10. The van der Waals surface area contributed by atoms with Crippen molar-refractivity contribution in [1.29, 1.82) is 0 Å². The van der Waals surface area contributed by atoms with Crippen molar-refractivity contribution in [2.24, 2.45) is 7.05 Å². The van der Waals surface area contributed by atoms with Gasteiger partial charge in [-0.15, -0.1) is 10.2 Å². The number of fused-ring (bicyclic) bond motifs is 1. The van der Waals surface area contributed by atoms with E-state index in [1.54, 1.807) is 0 Å². The number of benzene rings is 3. The van der Waals surface area contributed by atoms with Crippen molar-refractivity contribution in [3.05, 3.63) is 90.0 Å². The van der Waals surface area contributed by atoms with Crippen LogP contribution in [0.2, 0.25) is 0 Å². The Morgan fingerprint density at radius 1 is 0.914 bits per heavy atom. The molecule has 0 aliphatic carbocycles. The van der Waals surface area contributed by atoms with Crippen molar-refractivity contribution in [2.75, 3.05) is 11.1 Å². The Labute approximate surface area is 208 Å². The lowest BCUT2D eigenvalue weighted by Crippen LogP contribution is -2.14. The topological polar surface area (TPSA) is 72.7 Å². The SMILES string of the molecule is Cc1ccc(NC(=O)CSc2nnc(-c3cc(-c4ccccc4)nc4ccccc34)n2C)cc1C. The first kappa shape index (κ1) is 22.8. The van der Waals surface area contributed by atoms with Gasteiger partial charge < -0.3 is 9.88 Å². The zero-order valence-electron chi connectivity index (χ0n) is 19.8. The van der Waals surface area contributed by atoms with Gasteiger partial charge in [0.2, 0.25) is 5.91 Å². The molecule has 1 amide bonds. The predicted molar refractivity (Wildman–Crippen MR) is 142 cm³/mol. The van der Waals surface area contributed by atoms with Crippen LogP contribution in [0.1, 0.15) is 11.1 Å². The molecule has 0 saturated heterocycles. The molecule has 0 spiro atoms. The maximum atomic E-state index is 12.5. The number of aryl methyl sites for hydroxylation is 2. The van der Waals surface area contributed by atoms with E-state index in [-0.39, 0.29) is 11.7 Å². The van der Waals surface area contributed by atoms with Crippen LogP contribution >= 0.6 is 11.8 Å². The summed E-state index contributed by atoms with van der Waals surface area (Å²) >= 11 is 1.36. The Morgan fingerprint density at radius 2 is 1.69 bits per heavy atom. The fourth-order valence-electron chi connectivity index (χ4n) is 3.94. The van der Waals surface area contributed by atoms with Crippen LogP contribution in [0.25, 0.3) is 33.5 Å². The lowest BCUT2D eigenvalue weighted by molar-refractivity contribution is -0.113. The van der Waals surface area contributed by atoms with Gasteiger partial charge in [0.15, 0.2) is 11.0 Å². The third-order valence-electron chi connectivity index (χ3n) is 5.98. The van der Waals surface area contributed by atoms with Crippen molar-refractivity contribution in [2.45, 2.75) is 19.0 Å². The molecule has 2 heterocycles. The minimum absolute atomic E-state index is 0.0801. The van der Waals surface area contributed by atoms with Crippen LogP contribution in [0.5, 0.6) is 0 Å². The Hall–Kier alpha value is -3.97. The zero-order chi connectivity index (χ0) is 24.4. The predicted octanol–water partition coefficient (Wildman–Crippen LogP) is 6.04. The molecular formula is C28H25N5OS.